The van der Waals surface area contributed by atoms with Crippen molar-refractivity contribution in [3.05, 3.63) is 83.7 Å². The summed E-state index contributed by atoms with van der Waals surface area (Å²) in [4.78, 5) is 10.7. The Bertz CT molecular complexity index is 961. The van der Waals surface area contributed by atoms with Crippen molar-refractivity contribution in [3.63, 3.8) is 0 Å². The summed E-state index contributed by atoms with van der Waals surface area (Å²) in [6, 6.07) is 15.2. The molecule has 0 unspecified atom stereocenters. The smallest absolute Gasteiger partial charge is 0.194 e. The molecule has 0 saturated heterocycles. The van der Waals surface area contributed by atoms with Gasteiger partial charge in [0.1, 0.15) is 5.82 Å². The molecule has 0 spiro atoms. The highest BCUT2D eigenvalue weighted by Gasteiger charge is 2.11. The van der Waals surface area contributed by atoms with Gasteiger partial charge in [-0.25, -0.2) is 9.37 Å². The molecule has 0 radical (unpaired) electrons. The molecule has 0 aliphatic rings. The number of methoxy groups -OCH3 is 1. The molecular formula is C22H27FIN5O. The van der Waals surface area contributed by atoms with Crippen molar-refractivity contribution in [2.75, 3.05) is 21.2 Å². The van der Waals surface area contributed by atoms with Gasteiger partial charge in [-0.1, -0.05) is 36.4 Å². The first-order valence-corrected chi connectivity index (χ1v) is 9.39. The van der Waals surface area contributed by atoms with Gasteiger partial charge in [-0.3, -0.25) is 4.99 Å². The summed E-state index contributed by atoms with van der Waals surface area (Å²) in [6.45, 7) is 1.81. The molecule has 3 aromatic rings. The van der Waals surface area contributed by atoms with Gasteiger partial charge in [-0.15, -0.1) is 24.0 Å². The number of nitrogens with one attached hydrogen (secondary N) is 1. The maximum Gasteiger partial charge on any atom is 0.194 e. The molecule has 0 amide bonds. The Morgan fingerprint density at radius 1 is 1.20 bits per heavy atom. The van der Waals surface area contributed by atoms with Gasteiger partial charge < -0.3 is 19.5 Å². The lowest BCUT2D eigenvalue weighted by atomic mass is 10.2. The molecule has 1 aromatic heterocycles. The fourth-order valence-electron chi connectivity index (χ4n) is 3.13. The zero-order valence-electron chi connectivity index (χ0n) is 17.4. The molecule has 3 rings (SSSR count). The van der Waals surface area contributed by atoms with E-state index in [9.17, 15) is 4.39 Å². The number of aliphatic imine (C=N–C) groups is 1. The van der Waals surface area contributed by atoms with Crippen molar-refractivity contribution in [3.8, 4) is 5.75 Å². The number of imidazole rings is 1. The van der Waals surface area contributed by atoms with E-state index in [1.165, 1.54) is 18.7 Å². The summed E-state index contributed by atoms with van der Waals surface area (Å²) >= 11 is 0. The van der Waals surface area contributed by atoms with Crippen molar-refractivity contribution in [1.82, 2.24) is 19.8 Å². The van der Waals surface area contributed by atoms with Crippen molar-refractivity contribution in [1.29, 1.82) is 0 Å². The molecule has 0 bridgehead atoms. The number of halogens is 2. The fourth-order valence-corrected chi connectivity index (χ4v) is 3.13. The van der Waals surface area contributed by atoms with E-state index in [4.69, 9.17) is 4.74 Å². The molecule has 0 saturated carbocycles. The molecule has 1 heterocycles. The van der Waals surface area contributed by atoms with Crippen LogP contribution in [-0.4, -0.2) is 41.6 Å². The molecular weight excluding hydrogens is 496 g/mol. The van der Waals surface area contributed by atoms with Gasteiger partial charge in [0.05, 0.1) is 13.7 Å². The average Bonchev–Trinajstić information content (AvgIpc) is 3.16. The Hall–Kier alpha value is -2.62. The normalized spacial score (nSPS) is 11.0. The number of aromatic nitrogens is 2. The Kier molecular flexibility index (Phi) is 9.10. The maximum absolute atomic E-state index is 13.9. The monoisotopic (exact) mass is 523 g/mol. The Morgan fingerprint density at radius 3 is 2.63 bits per heavy atom. The first-order valence-electron chi connectivity index (χ1n) is 9.39. The lowest BCUT2D eigenvalue weighted by molar-refractivity contribution is 0.385. The first kappa shape index (κ1) is 23.7. The molecule has 30 heavy (non-hydrogen) atoms. The topological polar surface area (TPSA) is 54.7 Å². The fraction of sp³-hybridized carbons (Fsp3) is 0.273. The van der Waals surface area contributed by atoms with Gasteiger partial charge in [0.2, 0.25) is 0 Å². The average molecular weight is 523 g/mol. The van der Waals surface area contributed by atoms with Gasteiger partial charge in [-0.05, 0) is 23.3 Å². The van der Waals surface area contributed by atoms with Crippen LogP contribution in [0.15, 0.2) is 65.9 Å². The first-order chi connectivity index (χ1) is 14.1. The highest BCUT2D eigenvalue weighted by molar-refractivity contribution is 14.0. The SMILES string of the molecule is CN=C(NCc1nccn1Cc1ccccc1)N(C)Cc1ccc(OC)c(F)c1.I. The number of nitrogens with zero attached hydrogens (tertiary/aromatic N) is 4. The summed E-state index contributed by atoms with van der Waals surface area (Å²) in [5.41, 5.74) is 2.05. The molecule has 0 fully saturated rings. The van der Waals surface area contributed by atoms with Gasteiger partial charge in [0, 0.05) is 39.6 Å². The third-order valence-corrected chi connectivity index (χ3v) is 4.61. The van der Waals surface area contributed by atoms with Crippen molar-refractivity contribution in [2.45, 2.75) is 19.6 Å². The molecule has 160 valence electrons. The largest absolute Gasteiger partial charge is 0.494 e. The van der Waals surface area contributed by atoms with E-state index in [1.807, 2.05) is 42.4 Å². The molecule has 0 atom stereocenters. The quantitative estimate of drug-likeness (QED) is 0.290. The predicted molar refractivity (Wildman–Crippen MR) is 128 cm³/mol. The summed E-state index contributed by atoms with van der Waals surface area (Å²) in [6.07, 6.45) is 3.77. The van der Waals surface area contributed by atoms with Gasteiger partial charge in [0.15, 0.2) is 17.5 Å². The zero-order chi connectivity index (χ0) is 20.6. The van der Waals surface area contributed by atoms with Gasteiger partial charge in [-0.2, -0.15) is 0 Å². The van der Waals surface area contributed by atoms with Crippen molar-refractivity contribution in [2.24, 2.45) is 4.99 Å². The Labute approximate surface area is 193 Å². The lowest BCUT2D eigenvalue weighted by Gasteiger charge is -2.22. The molecule has 2 aromatic carbocycles. The van der Waals surface area contributed by atoms with Crippen LogP contribution in [0.5, 0.6) is 5.75 Å². The van der Waals surface area contributed by atoms with E-state index in [0.29, 0.717) is 19.0 Å². The van der Waals surface area contributed by atoms with Crippen LogP contribution < -0.4 is 10.1 Å². The lowest BCUT2D eigenvalue weighted by Crippen LogP contribution is -2.38. The Balaban J connectivity index is 0.00000320. The highest BCUT2D eigenvalue weighted by atomic mass is 127. The summed E-state index contributed by atoms with van der Waals surface area (Å²) in [5.74, 6) is 1.49. The second kappa shape index (κ2) is 11.5. The molecule has 8 heteroatoms. The van der Waals surface area contributed by atoms with E-state index in [0.717, 1.165) is 17.9 Å². The van der Waals surface area contributed by atoms with E-state index in [2.05, 4.69) is 32.0 Å². The molecule has 1 N–H and O–H groups in total. The third kappa shape index (κ3) is 6.19. The number of benzene rings is 2. The van der Waals surface area contributed by atoms with E-state index in [-0.39, 0.29) is 35.5 Å². The summed E-state index contributed by atoms with van der Waals surface area (Å²) in [7, 11) is 5.09. The molecule has 0 aliphatic carbocycles. The van der Waals surface area contributed by atoms with Crippen molar-refractivity contribution >= 4 is 29.9 Å². The van der Waals surface area contributed by atoms with Crippen molar-refractivity contribution < 1.29 is 9.13 Å². The molecule has 6 nitrogen and oxygen atoms in total. The Morgan fingerprint density at radius 2 is 1.97 bits per heavy atom. The van der Waals surface area contributed by atoms with Crippen LogP contribution in [0.4, 0.5) is 4.39 Å². The molecule has 0 aliphatic heterocycles. The summed E-state index contributed by atoms with van der Waals surface area (Å²) in [5, 5.41) is 3.33. The third-order valence-electron chi connectivity index (χ3n) is 4.61. The van der Waals surface area contributed by atoms with E-state index < -0.39 is 0 Å². The van der Waals surface area contributed by atoms with Gasteiger partial charge in [0.25, 0.3) is 0 Å². The zero-order valence-corrected chi connectivity index (χ0v) is 19.7. The standard InChI is InChI=1S/C22H26FN5O.HI/c1-24-22(27(2)15-18-9-10-20(29-3)19(23)13-18)26-14-21-25-11-12-28(21)16-17-7-5-4-6-8-17;/h4-13H,14-16H2,1-3H3,(H,24,26);1H. The number of guanidine groups is 1. The van der Waals surface area contributed by atoms with E-state index >= 15 is 0 Å². The van der Waals surface area contributed by atoms with Crippen LogP contribution in [-0.2, 0) is 19.6 Å². The van der Waals surface area contributed by atoms with Crippen LogP contribution in [0.2, 0.25) is 0 Å². The predicted octanol–water partition coefficient (Wildman–Crippen LogP) is 3.90. The minimum atomic E-state index is -0.371. The number of rotatable bonds is 7. The number of hydrogen-bond donors (Lipinski definition) is 1. The van der Waals surface area contributed by atoms with Gasteiger partial charge >= 0.3 is 0 Å². The van der Waals surface area contributed by atoms with Crippen LogP contribution in [0.1, 0.15) is 17.0 Å². The van der Waals surface area contributed by atoms with Crippen LogP contribution in [0.25, 0.3) is 0 Å². The van der Waals surface area contributed by atoms with Crippen LogP contribution in [0, 0.1) is 5.82 Å². The minimum absolute atomic E-state index is 0. The maximum atomic E-state index is 13.9. The number of hydrogen-bond acceptors (Lipinski definition) is 3. The summed E-state index contributed by atoms with van der Waals surface area (Å²) < 4.78 is 21.0. The minimum Gasteiger partial charge on any atom is -0.494 e. The highest BCUT2D eigenvalue weighted by Crippen LogP contribution is 2.18. The van der Waals surface area contributed by atoms with Crippen LogP contribution >= 0.6 is 24.0 Å². The van der Waals surface area contributed by atoms with Crippen LogP contribution in [0.3, 0.4) is 0 Å². The second-order valence-electron chi connectivity index (χ2n) is 6.68. The second-order valence-corrected chi connectivity index (χ2v) is 6.68. The van der Waals surface area contributed by atoms with E-state index in [1.54, 1.807) is 19.3 Å². The number of ether oxygens (including phenoxy) is 1.